The number of hydrogen-bond donors (Lipinski definition) is 0. The highest BCUT2D eigenvalue weighted by Gasteiger charge is 2.67. The lowest BCUT2D eigenvalue weighted by molar-refractivity contribution is -0.143. The Morgan fingerprint density at radius 3 is 2.77 bits per heavy atom. The van der Waals surface area contributed by atoms with Gasteiger partial charge in [-0.1, -0.05) is 43.0 Å². The Morgan fingerprint density at radius 2 is 2.07 bits per heavy atom. The van der Waals surface area contributed by atoms with E-state index >= 15 is 0 Å². The van der Waals surface area contributed by atoms with Crippen molar-refractivity contribution in [3.63, 3.8) is 0 Å². The van der Waals surface area contributed by atoms with Gasteiger partial charge in [0.05, 0.1) is 24.5 Å². The number of amides is 2. The smallest absolute Gasteiger partial charge is 0.230 e. The minimum atomic E-state index is -0.625. The van der Waals surface area contributed by atoms with E-state index in [-0.39, 0.29) is 24.0 Å². The van der Waals surface area contributed by atoms with Gasteiger partial charge in [0, 0.05) is 33.0 Å². The number of aromatic nitrogens is 2. The standard InChI is InChI=1S/C22H30N4O4/c1-14-23-17(24-30-14)10-12-25(2)20(27)18-16-9-11-22(29-16)13-26(21(28)19(18)22)15-7-5-3-4-6-8-15/h9,11,15-16,18-19H,3-8,10,12-13H2,1-2H3/t16-,18?,19?,22-/m0/s1. The van der Waals surface area contributed by atoms with E-state index in [1.54, 1.807) is 18.9 Å². The Hall–Kier alpha value is -2.22. The molecule has 4 heterocycles. The summed E-state index contributed by atoms with van der Waals surface area (Å²) in [4.78, 5) is 34.8. The quantitative estimate of drug-likeness (QED) is 0.540. The lowest BCUT2D eigenvalue weighted by Crippen LogP contribution is -2.46. The summed E-state index contributed by atoms with van der Waals surface area (Å²) in [5.41, 5.74) is -0.625. The average molecular weight is 415 g/mol. The predicted octanol–water partition coefficient (Wildman–Crippen LogP) is 1.88. The van der Waals surface area contributed by atoms with Crippen LogP contribution < -0.4 is 0 Å². The van der Waals surface area contributed by atoms with Crippen molar-refractivity contribution in [2.24, 2.45) is 11.8 Å². The molecule has 0 aromatic carbocycles. The van der Waals surface area contributed by atoms with Crippen LogP contribution in [0.3, 0.4) is 0 Å². The van der Waals surface area contributed by atoms with E-state index in [0.29, 0.717) is 31.2 Å². The SMILES string of the molecule is Cc1nc(CCN(C)C(=O)C2C3C(=O)N(C4CCCCCC4)C[C@@]34C=C[C@@H]2O4)no1. The fourth-order valence-electron chi connectivity index (χ4n) is 5.76. The first-order valence-corrected chi connectivity index (χ1v) is 11.2. The molecule has 3 fully saturated rings. The van der Waals surface area contributed by atoms with E-state index < -0.39 is 17.4 Å². The number of aryl methyl sites for hydroxylation is 1. The number of nitrogens with zero attached hydrogens (tertiary/aromatic N) is 4. The summed E-state index contributed by atoms with van der Waals surface area (Å²) in [6, 6.07) is 0.283. The van der Waals surface area contributed by atoms with Gasteiger partial charge >= 0.3 is 0 Å². The second-order valence-corrected chi connectivity index (χ2v) is 9.25. The molecule has 5 rings (SSSR count). The summed E-state index contributed by atoms with van der Waals surface area (Å²) < 4.78 is 11.3. The van der Waals surface area contributed by atoms with Gasteiger partial charge in [0.15, 0.2) is 5.82 Å². The molecule has 30 heavy (non-hydrogen) atoms. The van der Waals surface area contributed by atoms with Gasteiger partial charge in [-0.2, -0.15) is 4.98 Å². The molecule has 2 bridgehead atoms. The van der Waals surface area contributed by atoms with Crippen LogP contribution >= 0.6 is 0 Å². The largest absolute Gasteiger partial charge is 0.360 e. The highest BCUT2D eigenvalue weighted by molar-refractivity contribution is 5.93. The molecule has 162 valence electrons. The molecule has 0 N–H and O–H groups in total. The molecule has 4 aliphatic rings. The van der Waals surface area contributed by atoms with Crippen LogP contribution in [-0.4, -0.2) is 69.6 Å². The lowest BCUT2D eigenvalue weighted by Gasteiger charge is -2.30. The molecule has 2 saturated heterocycles. The molecule has 2 unspecified atom stereocenters. The number of likely N-dealkylation sites (N-methyl/N-ethyl adjacent to an activating group) is 1. The van der Waals surface area contributed by atoms with Crippen LogP contribution in [0.25, 0.3) is 0 Å². The summed E-state index contributed by atoms with van der Waals surface area (Å²) >= 11 is 0. The third-order valence-corrected chi connectivity index (χ3v) is 7.30. The number of fused-ring (bicyclic) bond motifs is 1. The number of carbonyl (C=O) groups is 2. The summed E-state index contributed by atoms with van der Waals surface area (Å²) in [7, 11) is 1.78. The normalized spacial score (nSPS) is 33.2. The summed E-state index contributed by atoms with van der Waals surface area (Å²) in [5, 5.41) is 3.90. The van der Waals surface area contributed by atoms with Crippen LogP contribution in [0.5, 0.6) is 0 Å². The number of likely N-dealkylation sites (tertiary alicyclic amines) is 1. The predicted molar refractivity (Wildman–Crippen MR) is 107 cm³/mol. The molecule has 1 aromatic rings. The molecule has 4 atom stereocenters. The fraction of sp³-hybridized carbons (Fsp3) is 0.727. The van der Waals surface area contributed by atoms with Crippen molar-refractivity contribution in [1.29, 1.82) is 0 Å². The molecule has 8 nitrogen and oxygen atoms in total. The molecule has 0 radical (unpaired) electrons. The Morgan fingerprint density at radius 1 is 1.30 bits per heavy atom. The maximum Gasteiger partial charge on any atom is 0.230 e. The van der Waals surface area contributed by atoms with E-state index in [1.807, 2.05) is 17.1 Å². The summed E-state index contributed by atoms with van der Waals surface area (Å²) in [5.74, 6) is 0.321. The topological polar surface area (TPSA) is 88.8 Å². The zero-order valence-corrected chi connectivity index (χ0v) is 17.7. The Kier molecular flexibility index (Phi) is 4.92. The third kappa shape index (κ3) is 3.16. The van der Waals surface area contributed by atoms with Gasteiger partial charge in [-0.25, -0.2) is 0 Å². The van der Waals surface area contributed by atoms with Gasteiger partial charge in [-0.3, -0.25) is 9.59 Å². The van der Waals surface area contributed by atoms with Crippen molar-refractivity contribution in [3.8, 4) is 0 Å². The molecular weight excluding hydrogens is 384 g/mol. The minimum Gasteiger partial charge on any atom is -0.360 e. The number of carbonyl (C=O) groups excluding carboxylic acids is 2. The monoisotopic (exact) mass is 414 g/mol. The summed E-state index contributed by atoms with van der Waals surface area (Å²) in [6.45, 7) is 2.81. The molecule has 2 amide bonds. The van der Waals surface area contributed by atoms with Crippen LogP contribution in [0.15, 0.2) is 16.7 Å². The lowest BCUT2D eigenvalue weighted by atomic mass is 9.76. The van der Waals surface area contributed by atoms with Gasteiger partial charge in [0.2, 0.25) is 17.7 Å². The fourth-order valence-corrected chi connectivity index (χ4v) is 5.76. The molecule has 1 aliphatic carbocycles. The first-order valence-electron chi connectivity index (χ1n) is 11.2. The van der Waals surface area contributed by atoms with E-state index in [4.69, 9.17) is 9.26 Å². The second-order valence-electron chi connectivity index (χ2n) is 9.25. The van der Waals surface area contributed by atoms with Crippen LogP contribution in [0.1, 0.15) is 50.2 Å². The molecule has 8 heteroatoms. The number of hydrogen-bond acceptors (Lipinski definition) is 6. The number of ether oxygens (including phenoxy) is 1. The highest BCUT2D eigenvalue weighted by atomic mass is 16.5. The molecular formula is C22H30N4O4. The van der Waals surface area contributed by atoms with Crippen LogP contribution in [0.2, 0.25) is 0 Å². The first-order chi connectivity index (χ1) is 14.5. The van der Waals surface area contributed by atoms with Gasteiger partial charge in [0.25, 0.3) is 0 Å². The van der Waals surface area contributed by atoms with Gasteiger partial charge in [-0.05, 0) is 12.8 Å². The maximum atomic E-state index is 13.5. The summed E-state index contributed by atoms with van der Waals surface area (Å²) in [6.07, 6.45) is 11.2. The van der Waals surface area contributed by atoms with Crippen molar-refractivity contribution >= 4 is 11.8 Å². The maximum absolute atomic E-state index is 13.5. The van der Waals surface area contributed by atoms with E-state index in [2.05, 4.69) is 10.1 Å². The van der Waals surface area contributed by atoms with Gasteiger partial charge in [-0.15, -0.1) is 0 Å². The van der Waals surface area contributed by atoms with Gasteiger partial charge < -0.3 is 19.1 Å². The molecule has 3 aliphatic heterocycles. The van der Waals surface area contributed by atoms with E-state index in [1.165, 1.54) is 25.7 Å². The van der Waals surface area contributed by atoms with Crippen LogP contribution in [0, 0.1) is 18.8 Å². The Labute approximate surface area is 176 Å². The van der Waals surface area contributed by atoms with E-state index in [9.17, 15) is 9.59 Å². The molecule has 1 saturated carbocycles. The van der Waals surface area contributed by atoms with E-state index in [0.717, 1.165) is 12.8 Å². The second kappa shape index (κ2) is 7.48. The van der Waals surface area contributed by atoms with Crippen LogP contribution in [0.4, 0.5) is 0 Å². The third-order valence-electron chi connectivity index (χ3n) is 7.30. The van der Waals surface area contributed by atoms with Crippen molar-refractivity contribution in [2.75, 3.05) is 20.1 Å². The first kappa shape index (κ1) is 19.7. The van der Waals surface area contributed by atoms with Crippen LogP contribution in [-0.2, 0) is 20.7 Å². The van der Waals surface area contributed by atoms with Crippen molar-refractivity contribution < 1.29 is 18.8 Å². The zero-order chi connectivity index (χ0) is 20.9. The minimum absolute atomic E-state index is 0.0347. The Bertz CT molecular complexity index is 859. The van der Waals surface area contributed by atoms with Crippen molar-refractivity contribution in [2.45, 2.75) is 69.6 Å². The Balaban J connectivity index is 1.31. The molecule has 1 spiro atoms. The zero-order valence-electron chi connectivity index (χ0n) is 17.7. The number of rotatable bonds is 5. The van der Waals surface area contributed by atoms with Gasteiger partial charge in [0.1, 0.15) is 5.60 Å². The molecule has 1 aromatic heterocycles. The average Bonchev–Trinajstić information content (AvgIpc) is 3.43. The van der Waals surface area contributed by atoms with Crippen molar-refractivity contribution in [3.05, 3.63) is 23.9 Å². The highest BCUT2D eigenvalue weighted by Crippen LogP contribution is 2.53. The van der Waals surface area contributed by atoms with Crippen molar-refractivity contribution in [1.82, 2.24) is 19.9 Å².